The Balaban J connectivity index is 1.36. The van der Waals surface area contributed by atoms with Crippen LogP contribution in [-0.2, 0) is 4.74 Å². The number of halogens is 1. The first-order valence-corrected chi connectivity index (χ1v) is 9.34. The van der Waals surface area contributed by atoms with Gasteiger partial charge in [0.25, 0.3) is 0 Å². The molecule has 4 aliphatic carbocycles. The maximum absolute atomic E-state index is 12.2. The van der Waals surface area contributed by atoms with Gasteiger partial charge in [0.15, 0.2) is 0 Å². The van der Waals surface area contributed by atoms with E-state index in [0.29, 0.717) is 17.6 Å². The van der Waals surface area contributed by atoms with Gasteiger partial charge in [-0.05, 0) is 96.2 Å². The maximum Gasteiger partial charge on any atom is 0.339 e. The smallest absolute Gasteiger partial charge is 0.339 e. The van der Waals surface area contributed by atoms with Crippen molar-refractivity contribution in [1.29, 1.82) is 0 Å². The van der Waals surface area contributed by atoms with Gasteiger partial charge in [0.1, 0.15) is 0 Å². The van der Waals surface area contributed by atoms with E-state index in [1.807, 2.05) is 24.3 Å². The Morgan fingerprint density at radius 1 is 1.09 bits per heavy atom. The Morgan fingerprint density at radius 3 is 2.27 bits per heavy atom. The quantitative estimate of drug-likeness (QED) is 0.687. The molecule has 0 radical (unpaired) electrons. The molecule has 22 heavy (non-hydrogen) atoms. The van der Waals surface area contributed by atoms with Crippen LogP contribution in [0.3, 0.4) is 0 Å². The molecule has 5 rings (SSSR count). The van der Waals surface area contributed by atoms with Crippen molar-refractivity contribution in [3.63, 3.8) is 0 Å². The normalized spacial score (nSPS) is 35.6. The van der Waals surface area contributed by atoms with Crippen LogP contribution in [0.15, 0.2) is 28.7 Å². The fraction of sp³-hybridized carbons (Fsp3) is 0.632. The van der Waals surface area contributed by atoms with Gasteiger partial charge >= 0.3 is 5.97 Å². The number of carbonyl (C=O) groups excluding carboxylic acids is 1. The third-order valence-corrected chi connectivity index (χ3v) is 6.82. The summed E-state index contributed by atoms with van der Waals surface area (Å²) in [4.78, 5) is 12.2. The molecule has 1 aromatic carbocycles. The molecule has 0 aliphatic heterocycles. The van der Waals surface area contributed by atoms with E-state index < -0.39 is 0 Å². The highest BCUT2D eigenvalue weighted by atomic mass is 79.9. The molecule has 2 nitrogen and oxygen atoms in total. The highest BCUT2D eigenvalue weighted by molar-refractivity contribution is 9.10. The molecule has 0 N–H and O–H groups in total. The summed E-state index contributed by atoms with van der Waals surface area (Å²) in [6, 6.07) is 7.49. The van der Waals surface area contributed by atoms with E-state index in [1.54, 1.807) is 0 Å². The van der Waals surface area contributed by atoms with Crippen molar-refractivity contribution in [2.75, 3.05) is 6.61 Å². The summed E-state index contributed by atoms with van der Waals surface area (Å²) in [7, 11) is 0. The third-order valence-electron chi connectivity index (χ3n) is 6.12. The van der Waals surface area contributed by atoms with Gasteiger partial charge in [0, 0.05) is 4.47 Å². The van der Waals surface area contributed by atoms with E-state index in [0.717, 1.165) is 28.6 Å². The van der Waals surface area contributed by atoms with Crippen LogP contribution in [0.5, 0.6) is 0 Å². The van der Waals surface area contributed by atoms with Crippen molar-refractivity contribution < 1.29 is 9.53 Å². The van der Waals surface area contributed by atoms with E-state index in [4.69, 9.17) is 4.74 Å². The largest absolute Gasteiger partial charge is 0.462 e. The zero-order chi connectivity index (χ0) is 15.2. The van der Waals surface area contributed by atoms with Gasteiger partial charge in [0.2, 0.25) is 0 Å². The summed E-state index contributed by atoms with van der Waals surface area (Å²) in [6.07, 6.45) is 9.61. The number of esters is 1. The lowest BCUT2D eigenvalue weighted by atomic mass is 9.49. The van der Waals surface area contributed by atoms with Gasteiger partial charge in [-0.3, -0.25) is 0 Å². The van der Waals surface area contributed by atoms with Crippen molar-refractivity contribution in [2.45, 2.75) is 44.9 Å². The van der Waals surface area contributed by atoms with Crippen LogP contribution in [0.1, 0.15) is 55.3 Å². The molecule has 0 aromatic heterocycles. The molecule has 0 atom stereocenters. The molecule has 0 spiro atoms. The standard InChI is InChI=1S/C19H23BrO2/c20-17-4-2-1-3-16(17)18(21)22-6-5-19-10-13-7-14(11-19)9-15(8-13)12-19/h1-4,13-15H,5-12H2. The van der Waals surface area contributed by atoms with Gasteiger partial charge < -0.3 is 4.74 Å². The fourth-order valence-electron chi connectivity index (χ4n) is 5.66. The summed E-state index contributed by atoms with van der Waals surface area (Å²) in [6.45, 7) is 0.576. The summed E-state index contributed by atoms with van der Waals surface area (Å²) in [5.74, 6) is 2.69. The summed E-state index contributed by atoms with van der Waals surface area (Å²) in [5, 5.41) is 0. The molecule has 0 heterocycles. The van der Waals surface area contributed by atoms with Crippen molar-refractivity contribution in [3.05, 3.63) is 34.3 Å². The predicted molar refractivity (Wildman–Crippen MR) is 89.6 cm³/mol. The highest BCUT2D eigenvalue weighted by Crippen LogP contribution is 2.61. The number of ether oxygens (including phenoxy) is 1. The van der Waals surface area contributed by atoms with E-state index >= 15 is 0 Å². The van der Waals surface area contributed by atoms with Crippen molar-refractivity contribution in [1.82, 2.24) is 0 Å². The molecule has 4 fully saturated rings. The van der Waals surface area contributed by atoms with Crippen LogP contribution in [0, 0.1) is 23.2 Å². The Morgan fingerprint density at radius 2 is 1.68 bits per heavy atom. The average Bonchev–Trinajstić information content (AvgIpc) is 2.46. The van der Waals surface area contributed by atoms with Gasteiger partial charge in [-0.1, -0.05) is 12.1 Å². The Labute approximate surface area is 140 Å². The van der Waals surface area contributed by atoms with Crippen molar-refractivity contribution >= 4 is 21.9 Å². The molecule has 118 valence electrons. The van der Waals surface area contributed by atoms with E-state index in [9.17, 15) is 4.79 Å². The lowest BCUT2D eigenvalue weighted by Crippen LogP contribution is -2.46. The highest BCUT2D eigenvalue weighted by Gasteiger charge is 2.50. The lowest BCUT2D eigenvalue weighted by molar-refractivity contribution is -0.0653. The summed E-state index contributed by atoms with van der Waals surface area (Å²) >= 11 is 3.42. The lowest BCUT2D eigenvalue weighted by Gasteiger charge is -2.57. The first-order valence-electron chi connectivity index (χ1n) is 8.55. The predicted octanol–water partition coefficient (Wildman–Crippen LogP) is 5.21. The minimum absolute atomic E-state index is 0.197. The second-order valence-electron chi connectivity index (χ2n) is 7.78. The number of rotatable bonds is 4. The zero-order valence-corrected chi connectivity index (χ0v) is 14.5. The SMILES string of the molecule is O=C(OCCC12CC3CC(CC(C3)C1)C2)c1ccccc1Br. The molecular formula is C19H23BrO2. The Kier molecular flexibility index (Phi) is 3.80. The van der Waals surface area contributed by atoms with Gasteiger partial charge in [0.05, 0.1) is 12.2 Å². The molecule has 4 saturated carbocycles. The van der Waals surface area contributed by atoms with Crippen LogP contribution in [0.4, 0.5) is 0 Å². The van der Waals surface area contributed by atoms with Crippen LogP contribution in [0.2, 0.25) is 0 Å². The summed E-state index contributed by atoms with van der Waals surface area (Å²) in [5.41, 5.74) is 1.12. The van der Waals surface area contributed by atoms with E-state index in [2.05, 4.69) is 15.9 Å². The molecule has 0 amide bonds. The minimum Gasteiger partial charge on any atom is -0.462 e. The second kappa shape index (κ2) is 5.67. The van der Waals surface area contributed by atoms with Crippen LogP contribution >= 0.6 is 15.9 Å². The summed E-state index contributed by atoms with van der Waals surface area (Å²) < 4.78 is 6.39. The van der Waals surface area contributed by atoms with Crippen LogP contribution in [0.25, 0.3) is 0 Å². The molecule has 3 heteroatoms. The topological polar surface area (TPSA) is 26.3 Å². The third kappa shape index (κ3) is 2.73. The Hall–Kier alpha value is -0.830. The number of benzene rings is 1. The van der Waals surface area contributed by atoms with Gasteiger partial charge in [-0.25, -0.2) is 4.79 Å². The first-order chi connectivity index (χ1) is 10.6. The second-order valence-corrected chi connectivity index (χ2v) is 8.64. The van der Waals surface area contributed by atoms with Crippen molar-refractivity contribution in [3.8, 4) is 0 Å². The van der Waals surface area contributed by atoms with Gasteiger partial charge in [-0.2, -0.15) is 0 Å². The molecular weight excluding hydrogens is 340 g/mol. The molecule has 0 unspecified atom stereocenters. The number of hydrogen-bond acceptors (Lipinski definition) is 2. The molecule has 0 saturated heterocycles. The van der Waals surface area contributed by atoms with Gasteiger partial charge in [-0.15, -0.1) is 0 Å². The monoisotopic (exact) mass is 362 g/mol. The first kappa shape index (κ1) is 14.7. The minimum atomic E-state index is -0.197. The fourth-order valence-corrected chi connectivity index (χ4v) is 6.11. The van der Waals surface area contributed by atoms with Crippen LogP contribution < -0.4 is 0 Å². The Bertz CT molecular complexity index is 545. The number of carbonyl (C=O) groups is 1. The van der Waals surface area contributed by atoms with Crippen LogP contribution in [-0.4, -0.2) is 12.6 Å². The molecule has 1 aromatic rings. The molecule has 4 aliphatic rings. The zero-order valence-electron chi connectivity index (χ0n) is 12.9. The number of hydrogen-bond donors (Lipinski definition) is 0. The van der Waals surface area contributed by atoms with E-state index in [-0.39, 0.29) is 5.97 Å². The molecule has 4 bridgehead atoms. The maximum atomic E-state index is 12.2. The van der Waals surface area contributed by atoms with E-state index in [1.165, 1.54) is 38.5 Å². The van der Waals surface area contributed by atoms with Crippen molar-refractivity contribution in [2.24, 2.45) is 23.2 Å². The average molecular weight is 363 g/mol.